The summed E-state index contributed by atoms with van der Waals surface area (Å²) in [6, 6.07) is 0. The van der Waals surface area contributed by atoms with E-state index in [1.54, 1.807) is 13.8 Å². The second kappa shape index (κ2) is 6.69. The lowest BCUT2D eigenvalue weighted by Crippen LogP contribution is -2.38. The van der Waals surface area contributed by atoms with Gasteiger partial charge >= 0.3 is 0 Å². The summed E-state index contributed by atoms with van der Waals surface area (Å²) in [7, 11) is -3.51. The molecule has 2 rings (SSSR count). The van der Waals surface area contributed by atoms with Crippen LogP contribution in [0.5, 0.6) is 0 Å². The maximum atomic E-state index is 12.1. The van der Waals surface area contributed by atoms with E-state index in [1.165, 1.54) is 0 Å². The molecular formula is C11H20ClN3O3S. The summed E-state index contributed by atoms with van der Waals surface area (Å²) in [5, 5.41) is 6.93. The van der Waals surface area contributed by atoms with Gasteiger partial charge in [0.2, 0.25) is 10.0 Å². The Morgan fingerprint density at radius 3 is 2.74 bits per heavy atom. The lowest BCUT2D eigenvalue weighted by Gasteiger charge is -2.22. The van der Waals surface area contributed by atoms with Crippen molar-refractivity contribution in [1.82, 2.24) is 15.2 Å². The van der Waals surface area contributed by atoms with Crippen molar-refractivity contribution < 1.29 is 12.9 Å². The average Bonchev–Trinajstić information content (AvgIpc) is 2.69. The molecule has 2 N–H and O–H groups in total. The molecule has 1 aromatic heterocycles. The van der Waals surface area contributed by atoms with E-state index >= 15 is 0 Å². The Kier molecular flexibility index (Phi) is 5.79. The molecule has 1 atom stereocenters. The van der Waals surface area contributed by atoms with Crippen LogP contribution in [0.3, 0.4) is 0 Å². The third-order valence-electron chi connectivity index (χ3n) is 3.20. The van der Waals surface area contributed by atoms with Crippen LogP contribution in [-0.2, 0) is 10.0 Å². The number of nitrogens with one attached hydrogen (secondary N) is 2. The van der Waals surface area contributed by atoms with E-state index in [1.807, 2.05) is 0 Å². The standard InChI is InChI=1S/C11H19N3O3S.ClH/c1-8-11(9(2)17-14-8)18(15,16)13-7-10-4-3-5-12-6-10;/h10,12-13H,3-7H2,1-2H3;1H. The first-order valence-corrected chi connectivity index (χ1v) is 7.62. The van der Waals surface area contributed by atoms with Gasteiger partial charge in [-0.2, -0.15) is 0 Å². The highest BCUT2D eigenvalue weighted by Gasteiger charge is 2.25. The van der Waals surface area contributed by atoms with Gasteiger partial charge in [-0.05, 0) is 45.7 Å². The van der Waals surface area contributed by atoms with Crippen molar-refractivity contribution in [3.05, 3.63) is 11.5 Å². The summed E-state index contributed by atoms with van der Waals surface area (Å²) < 4.78 is 31.8. The third kappa shape index (κ3) is 3.92. The van der Waals surface area contributed by atoms with Gasteiger partial charge < -0.3 is 9.84 Å². The first-order chi connectivity index (χ1) is 8.50. The number of aryl methyl sites for hydroxylation is 2. The Labute approximate surface area is 119 Å². The minimum absolute atomic E-state index is 0. The zero-order valence-electron chi connectivity index (χ0n) is 11.1. The number of piperidine rings is 1. The highest BCUT2D eigenvalue weighted by Crippen LogP contribution is 2.19. The first-order valence-electron chi connectivity index (χ1n) is 6.14. The second-order valence-electron chi connectivity index (χ2n) is 4.72. The van der Waals surface area contributed by atoms with Crippen LogP contribution in [0.4, 0.5) is 0 Å². The van der Waals surface area contributed by atoms with E-state index in [-0.39, 0.29) is 17.3 Å². The molecular weight excluding hydrogens is 290 g/mol. The molecule has 110 valence electrons. The van der Waals surface area contributed by atoms with Crippen LogP contribution in [0.15, 0.2) is 9.42 Å². The molecule has 0 amide bonds. The number of aromatic nitrogens is 1. The van der Waals surface area contributed by atoms with Crippen molar-refractivity contribution in [2.75, 3.05) is 19.6 Å². The Morgan fingerprint density at radius 1 is 1.47 bits per heavy atom. The van der Waals surface area contributed by atoms with E-state index in [0.29, 0.717) is 23.9 Å². The Hall–Kier alpha value is -0.630. The minimum atomic E-state index is -3.51. The molecule has 6 nitrogen and oxygen atoms in total. The van der Waals surface area contributed by atoms with Crippen molar-refractivity contribution in [2.24, 2.45) is 5.92 Å². The molecule has 2 heterocycles. The molecule has 19 heavy (non-hydrogen) atoms. The summed E-state index contributed by atoms with van der Waals surface area (Å²) in [6.07, 6.45) is 2.15. The van der Waals surface area contributed by atoms with Crippen molar-refractivity contribution in [2.45, 2.75) is 31.6 Å². The topological polar surface area (TPSA) is 84.2 Å². The van der Waals surface area contributed by atoms with Gasteiger partial charge in [0, 0.05) is 6.54 Å². The van der Waals surface area contributed by atoms with Crippen LogP contribution in [0, 0.1) is 19.8 Å². The Morgan fingerprint density at radius 2 is 2.21 bits per heavy atom. The first kappa shape index (κ1) is 16.4. The van der Waals surface area contributed by atoms with Crippen LogP contribution < -0.4 is 10.0 Å². The maximum Gasteiger partial charge on any atom is 0.245 e. The van der Waals surface area contributed by atoms with Gasteiger partial charge in [-0.15, -0.1) is 12.4 Å². The van der Waals surface area contributed by atoms with Crippen molar-refractivity contribution >= 4 is 22.4 Å². The predicted molar refractivity (Wildman–Crippen MR) is 74.0 cm³/mol. The van der Waals surface area contributed by atoms with Crippen LogP contribution in [0.2, 0.25) is 0 Å². The molecule has 0 radical (unpaired) electrons. The Balaban J connectivity index is 0.00000180. The summed E-state index contributed by atoms with van der Waals surface area (Å²) in [4.78, 5) is 0.172. The maximum absolute atomic E-state index is 12.1. The van der Waals surface area contributed by atoms with Gasteiger partial charge in [-0.3, -0.25) is 0 Å². The van der Waals surface area contributed by atoms with E-state index in [9.17, 15) is 8.42 Å². The Bertz CT molecular complexity index is 490. The SMILES string of the molecule is Cc1noc(C)c1S(=O)(=O)NCC1CCCNC1.Cl. The molecule has 1 fully saturated rings. The van der Waals surface area contributed by atoms with Gasteiger partial charge in [-0.25, -0.2) is 13.1 Å². The molecule has 0 saturated carbocycles. The third-order valence-corrected chi connectivity index (χ3v) is 4.86. The van der Waals surface area contributed by atoms with Crippen LogP contribution in [0.1, 0.15) is 24.3 Å². The molecule has 0 aliphatic carbocycles. The van der Waals surface area contributed by atoms with Crippen molar-refractivity contribution in [3.8, 4) is 0 Å². The highest BCUT2D eigenvalue weighted by molar-refractivity contribution is 7.89. The zero-order valence-corrected chi connectivity index (χ0v) is 12.7. The molecule has 0 aromatic carbocycles. The van der Waals surface area contributed by atoms with E-state index in [4.69, 9.17) is 4.52 Å². The van der Waals surface area contributed by atoms with E-state index in [0.717, 1.165) is 25.9 Å². The average molecular weight is 310 g/mol. The number of halogens is 1. The smallest absolute Gasteiger partial charge is 0.245 e. The fraction of sp³-hybridized carbons (Fsp3) is 0.727. The van der Waals surface area contributed by atoms with Crippen LogP contribution in [-0.4, -0.2) is 33.2 Å². The largest absolute Gasteiger partial charge is 0.360 e. The number of nitrogens with zero attached hydrogens (tertiary/aromatic N) is 1. The number of hydrogen-bond acceptors (Lipinski definition) is 5. The summed E-state index contributed by atoms with van der Waals surface area (Å²) in [6.45, 7) is 5.58. The molecule has 1 aliphatic rings. The van der Waals surface area contributed by atoms with Crippen molar-refractivity contribution in [1.29, 1.82) is 0 Å². The van der Waals surface area contributed by atoms with Gasteiger partial charge in [-0.1, -0.05) is 5.16 Å². The molecule has 0 spiro atoms. The lowest BCUT2D eigenvalue weighted by atomic mass is 10.0. The summed E-state index contributed by atoms with van der Waals surface area (Å²) in [5.41, 5.74) is 0.404. The molecule has 0 bridgehead atoms. The van der Waals surface area contributed by atoms with Crippen molar-refractivity contribution in [3.63, 3.8) is 0 Å². The predicted octanol–water partition coefficient (Wildman–Crippen LogP) is 0.991. The number of hydrogen-bond donors (Lipinski definition) is 2. The van der Waals surface area contributed by atoms with E-state index < -0.39 is 10.0 Å². The molecule has 1 aliphatic heterocycles. The van der Waals surface area contributed by atoms with Gasteiger partial charge in [0.1, 0.15) is 10.6 Å². The van der Waals surface area contributed by atoms with E-state index in [2.05, 4.69) is 15.2 Å². The summed E-state index contributed by atoms with van der Waals surface area (Å²) >= 11 is 0. The molecule has 1 aromatic rings. The molecule has 1 saturated heterocycles. The fourth-order valence-electron chi connectivity index (χ4n) is 2.26. The fourth-order valence-corrected chi connectivity index (χ4v) is 3.70. The number of sulfonamides is 1. The summed E-state index contributed by atoms with van der Waals surface area (Å²) in [5.74, 6) is 0.691. The highest BCUT2D eigenvalue weighted by atomic mass is 35.5. The van der Waals surface area contributed by atoms with Gasteiger partial charge in [0.05, 0.1) is 0 Å². The lowest BCUT2D eigenvalue weighted by molar-refractivity contribution is 0.375. The van der Waals surface area contributed by atoms with Gasteiger partial charge in [0.15, 0.2) is 5.76 Å². The second-order valence-corrected chi connectivity index (χ2v) is 6.42. The van der Waals surface area contributed by atoms with Crippen LogP contribution in [0.25, 0.3) is 0 Å². The minimum Gasteiger partial charge on any atom is -0.360 e. The normalized spacial score (nSPS) is 20.0. The molecule has 8 heteroatoms. The monoisotopic (exact) mass is 309 g/mol. The van der Waals surface area contributed by atoms with Crippen LogP contribution >= 0.6 is 12.4 Å². The number of rotatable bonds is 4. The van der Waals surface area contributed by atoms with Gasteiger partial charge in [0.25, 0.3) is 0 Å². The molecule has 1 unspecified atom stereocenters. The zero-order chi connectivity index (χ0) is 13.2. The quantitative estimate of drug-likeness (QED) is 0.866.